The van der Waals surface area contributed by atoms with Crippen molar-refractivity contribution in [2.75, 3.05) is 0 Å². The summed E-state index contributed by atoms with van der Waals surface area (Å²) >= 11 is 1.78. The molecule has 3 atom stereocenters. The number of aromatic nitrogens is 1. The number of hydrogen-bond acceptors (Lipinski definition) is 3. The van der Waals surface area contributed by atoms with Crippen LogP contribution in [0.15, 0.2) is 5.38 Å². The number of nitrogens with one attached hydrogen (secondary N) is 1. The molecule has 1 aromatic heterocycles. The Hall–Kier alpha value is -0.410. The highest BCUT2D eigenvalue weighted by Crippen LogP contribution is 2.32. The first kappa shape index (κ1) is 14.0. The summed E-state index contributed by atoms with van der Waals surface area (Å²) in [6.45, 7) is 9.06. The molecule has 102 valence electrons. The molecule has 1 N–H and O–H groups in total. The first-order chi connectivity index (χ1) is 8.58. The van der Waals surface area contributed by atoms with Gasteiger partial charge in [0, 0.05) is 17.1 Å². The van der Waals surface area contributed by atoms with Crippen molar-refractivity contribution in [2.45, 2.75) is 65.5 Å². The van der Waals surface area contributed by atoms with E-state index in [1.165, 1.54) is 30.7 Å². The van der Waals surface area contributed by atoms with Gasteiger partial charge in [-0.1, -0.05) is 26.7 Å². The highest BCUT2D eigenvalue weighted by molar-refractivity contribution is 7.09. The second-order valence-electron chi connectivity index (χ2n) is 6.01. The maximum absolute atomic E-state index is 4.60. The number of rotatable bonds is 4. The van der Waals surface area contributed by atoms with Crippen LogP contribution in [0.25, 0.3) is 0 Å². The van der Waals surface area contributed by atoms with Crippen molar-refractivity contribution in [1.82, 2.24) is 10.3 Å². The molecule has 3 heteroatoms. The monoisotopic (exact) mass is 266 g/mol. The van der Waals surface area contributed by atoms with E-state index in [1.54, 1.807) is 11.3 Å². The van der Waals surface area contributed by atoms with Gasteiger partial charge in [-0.3, -0.25) is 0 Å². The lowest BCUT2D eigenvalue weighted by Gasteiger charge is -2.36. The second-order valence-corrected chi connectivity index (χ2v) is 6.90. The molecule has 0 aliphatic heterocycles. The Morgan fingerprint density at radius 1 is 1.28 bits per heavy atom. The lowest BCUT2D eigenvalue weighted by atomic mass is 9.77. The van der Waals surface area contributed by atoms with Gasteiger partial charge < -0.3 is 5.32 Å². The Labute approximate surface area is 115 Å². The summed E-state index contributed by atoms with van der Waals surface area (Å²) in [6, 6.07) is 1.08. The van der Waals surface area contributed by atoms with Crippen LogP contribution in [0.4, 0.5) is 0 Å². The zero-order valence-corrected chi connectivity index (χ0v) is 12.9. The molecule has 0 spiro atoms. The molecule has 1 aromatic rings. The Bertz CT molecular complexity index is 372. The third-order valence-corrected chi connectivity index (χ3v) is 5.29. The molecule has 3 unspecified atom stereocenters. The maximum Gasteiger partial charge on any atom is 0.110 e. The van der Waals surface area contributed by atoms with Gasteiger partial charge in [0.05, 0.1) is 6.04 Å². The Morgan fingerprint density at radius 2 is 2.00 bits per heavy atom. The van der Waals surface area contributed by atoms with Crippen LogP contribution in [0.3, 0.4) is 0 Å². The lowest BCUT2D eigenvalue weighted by molar-refractivity contribution is 0.194. The number of aryl methyl sites for hydroxylation is 1. The summed E-state index contributed by atoms with van der Waals surface area (Å²) in [6.07, 6.45) is 5.51. The number of nitrogens with zero attached hydrogens (tertiary/aromatic N) is 1. The van der Waals surface area contributed by atoms with Crippen LogP contribution in [-0.4, -0.2) is 11.0 Å². The lowest BCUT2D eigenvalue weighted by Crippen LogP contribution is -2.42. The smallest absolute Gasteiger partial charge is 0.110 e. The SMILES string of the molecule is Cc1csc(C(C)NC2CCCCC2C(C)C)n1. The summed E-state index contributed by atoms with van der Waals surface area (Å²) in [7, 11) is 0. The van der Waals surface area contributed by atoms with E-state index in [1.807, 2.05) is 0 Å². The van der Waals surface area contributed by atoms with Gasteiger partial charge >= 0.3 is 0 Å². The summed E-state index contributed by atoms with van der Waals surface area (Å²) in [5, 5.41) is 7.21. The average molecular weight is 266 g/mol. The summed E-state index contributed by atoms with van der Waals surface area (Å²) in [5.74, 6) is 1.62. The summed E-state index contributed by atoms with van der Waals surface area (Å²) in [5.41, 5.74) is 1.15. The molecule has 2 nitrogen and oxygen atoms in total. The van der Waals surface area contributed by atoms with E-state index in [9.17, 15) is 0 Å². The van der Waals surface area contributed by atoms with Crippen molar-refractivity contribution in [2.24, 2.45) is 11.8 Å². The Kier molecular flexibility index (Phi) is 4.79. The van der Waals surface area contributed by atoms with Gasteiger partial charge in [-0.2, -0.15) is 0 Å². The van der Waals surface area contributed by atoms with E-state index in [4.69, 9.17) is 0 Å². The predicted molar refractivity (Wildman–Crippen MR) is 79.0 cm³/mol. The van der Waals surface area contributed by atoms with Crippen molar-refractivity contribution >= 4 is 11.3 Å². The van der Waals surface area contributed by atoms with Crippen LogP contribution in [-0.2, 0) is 0 Å². The van der Waals surface area contributed by atoms with Crippen molar-refractivity contribution in [3.05, 3.63) is 16.1 Å². The van der Waals surface area contributed by atoms with Crippen molar-refractivity contribution in [1.29, 1.82) is 0 Å². The number of thiazole rings is 1. The van der Waals surface area contributed by atoms with Crippen LogP contribution in [0, 0.1) is 18.8 Å². The van der Waals surface area contributed by atoms with Gasteiger partial charge in [0.1, 0.15) is 5.01 Å². The first-order valence-corrected chi connectivity index (χ1v) is 8.14. The Balaban J connectivity index is 1.98. The molecule has 18 heavy (non-hydrogen) atoms. The zero-order valence-electron chi connectivity index (χ0n) is 12.1. The molecule has 1 heterocycles. The molecular formula is C15H26N2S. The molecule has 0 saturated heterocycles. The van der Waals surface area contributed by atoms with Crippen LogP contribution in [0.5, 0.6) is 0 Å². The van der Waals surface area contributed by atoms with Crippen LogP contribution < -0.4 is 5.32 Å². The first-order valence-electron chi connectivity index (χ1n) is 7.26. The van der Waals surface area contributed by atoms with E-state index in [0.29, 0.717) is 12.1 Å². The molecule has 0 aromatic carbocycles. The maximum atomic E-state index is 4.60. The van der Waals surface area contributed by atoms with E-state index >= 15 is 0 Å². The molecule has 1 aliphatic rings. The minimum absolute atomic E-state index is 0.396. The van der Waals surface area contributed by atoms with Gasteiger partial charge in [-0.05, 0) is 38.5 Å². The van der Waals surface area contributed by atoms with E-state index in [2.05, 4.69) is 43.4 Å². The molecule has 0 radical (unpaired) electrons. The van der Waals surface area contributed by atoms with Gasteiger partial charge in [0.15, 0.2) is 0 Å². The fraction of sp³-hybridized carbons (Fsp3) is 0.800. The van der Waals surface area contributed by atoms with Crippen LogP contribution in [0.1, 0.15) is 63.2 Å². The largest absolute Gasteiger partial charge is 0.305 e. The molecule has 0 amide bonds. The van der Waals surface area contributed by atoms with Crippen molar-refractivity contribution in [3.8, 4) is 0 Å². The predicted octanol–water partition coefficient (Wildman–Crippen LogP) is 4.32. The quantitative estimate of drug-likeness (QED) is 0.878. The summed E-state index contributed by atoms with van der Waals surface area (Å²) < 4.78 is 0. The molecule has 1 saturated carbocycles. The second kappa shape index (κ2) is 6.16. The summed E-state index contributed by atoms with van der Waals surface area (Å²) in [4.78, 5) is 4.60. The third kappa shape index (κ3) is 3.33. The fourth-order valence-corrected chi connectivity index (χ4v) is 3.94. The minimum Gasteiger partial charge on any atom is -0.305 e. The fourth-order valence-electron chi connectivity index (χ4n) is 3.13. The van der Waals surface area contributed by atoms with Gasteiger partial charge in [-0.15, -0.1) is 11.3 Å². The van der Waals surface area contributed by atoms with Gasteiger partial charge in [0.25, 0.3) is 0 Å². The number of hydrogen-bond donors (Lipinski definition) is 1. The van der Waals surface area contributed by atoms with Gasteiger partial charge in [0.2, 0.25) is 0 Å². The standard InChI is InChI=1S/C15H26N2S/c1-10(2)13-7-5-6-8-14(13)17-12(4)15-16-11(3)9-18-15/h9-10,12-14,17H,5-8H2,1-4H3. The van der Waals surface area contributed by atoms with Crippen molar-refractivity contribution < 1.29 is 0 Å². The topological polar surface area (TPSA) is 24.9 Å². The third-order valence-electron chi connectivity index (χ3n) is 4.15. The average Bonchev–Trinajstić information content (AvgIpc) is 2.76. The van der Waals surface area contributed by atoms with E-state index in [0.717, 1.165) is 17.5 Å². The van der Waals surface area contributed by atoms with E-state index in [-0.39, 0.29) is 0 Å². The molecule has 2 rings (SSSR count). The van der Waals surface area contributed by atoms with Crippen molar-refractivity contribution in [3.63, 3.8) is 0 Å². The molecule has 1 fully saturated rings. The van der Waals surface area contributed by atoms with Crippen LogP contribution in [0.2, 0.25) is 0 Å². The van der Waals surface area contributed by atoms with Crippen LogP contribution >= 0.6 is 11.3 Å². The minimum atomic E-state index is 0.396. The molecule has 1 aliphatic carbocycles. The Morgan fingerprint density at radius 3 is 2.61 bits per heavy atom. The molecular weight excluding hydrogens is 240 g/mol. The zero-order chi connectivity index (χ0) is 13.1. The van der Waals surface area contributed by atoms with E-state index < -0.39 is 0 Å². The van der Waals surface area contributed by atoms with Gasteiger partial charge in [-0.25, -0.2) is 4.98 Å². The highest BCUT2D eigenvalue weighted by atomic mass is 32.1. The highest BCUT2D eigenvalue weighted by Gasteiger charge is 2.28. The molecule has 0 bridgehead atoms. The normalized spacial score (nSPS) is 26.5.